The molecule has 172 valence electrons. The zero-order valence-corrected chi connectivity index (χ0v) is 19.2. The SMILES string of the molecule is Cc1noc(C)c1C(=O)N[C@H]1CC[C@H](Oc2ccc3c(c2)CCC(c2ccccc2)O3)CC1. The Balaban J connectivity index is 1.14. The van der Waals surface area contributed by atoms with Crippen molar-refractivity contribution in [2.45, 2.75) is 70.6 Å². The average Bonchev–Trinajstić information content (AvgIpc) is 3.18. The number of hydrogen-bond donors (Lipinski definition) is 1. The second kappa shape index (κ2) is 9.30. The van der Waals surface area contributed by atoms with Crippen molar-refractivity contribution in [1.29, 1.82) is 0 Å². The standard InChI is InChI=1S/C27H30N2O4/c1-17-26(18(2)33-29-17)27(30)28-21-9-11-22(12-10-21)31-23-13-15-25-20(16-23)8-14-24(32-25)19-6-4-3-5-7-19/h3-7,13,15-16,21-22,24H,8-12,14H2,1-2H3,(H,28,30)/t21-,22-,24?. The number of aromatic nitrogens is 1. The van der Waals surface area contributed by atoms with Crippen molar-refractivity contribution in [3.05, 3.63) is 76.7 Å². The minimum absolute atomic E-state index is 0.0980. The van der Waals surface area contributed by atoms with Crippen LogP contribution in [-0.4, -0.2) is 23.2 Å². The number of hydrogen-bond acceptors (Lipinski definition) is 5. The van der Waals surface area contributed by atoms with E-state index >= 15 is 0 Å². The third-order valence-electron chi connectivity index (χ3n) is 6.72. The number of rotatable bonds is 5. The van der Waals surface area contributed by atoms with Crippen LogP contribution in [0.5, 0.6) is 11.5 Å². The van der Waals surface area contributed by atoms with E-state index in [9.17, 15) is 4.79 Å². The van der Waals surface area contributed by atoms with E-state index in [0.717, 1.165) is 50.0 Å². The second-order valence-electron chi connectivity index (χ2n) is 9.09. The van der Waals surface area contributed by atoms with Crippen LogP contribution in [0.1, 0.15) is 71.1 Å². The Labute approximate surface area is 194 Å². The zero-order valence-electron chi connectivity index (χ0n) is 19.2. The molecule has 1 aliphatic carbocycles. The molecular formula is C27H30N2O4. The van der Waals surface area contributed by atoms with Crippen LogP contribution < -0.4 is 14.8 Å². The van der Waals surface area contributed by atoms with Gasteiger partial charge in [-0.2, -0.15) is 0 Å². The fraction of sp³-hybridized carbons (Fsp3) is 0.407. The Hall–Kier alpha value is -3.28. The van der Waals surface area contributed by atoms with E-state index in [2.05, 4.69) is 40.8 Å². The summed E-state index contributed by atoms with van der Waals surface area (Å²) in [6.45, 7) is 3.56. The maximum Gasteiger partial charge on any atom is 0.257 e. The molecule has 1 fully saturated rings. The highest BCUT2D eigenvalue weighted by Crippen LogP contribution is 2.37. The van der Waals surface area contributed by atoms with Gasteiger partial charge in [-0.05, 0) is 81.7 Å². The minimum atomic E-state index is -0.0980. The van der Waals surface area contributed by atoms with Crippen LogP contribution in [0.4, 0.5) is 0 Å². The topological polar surface area (TPSA) is 73.6 Å². The van der Waals surface area contributed by atoms with Crippen LogP contribution in [0.15, 0.2) is 53.1 Å². The number of benzene rings is 2. The molecule has 0 bridgehead atoms. The number of fused-ring (bicyclic) bond motifs is 1. The summed E-state index contributed by atoms with van der Waals surface area (Å²) in [6, 6.07) is 16.7. The molecule has 1 unspecified atom stereocenters. The molecule has 2 aliphatic rings. The van der Waals surface area contributed by atoms with E-state index in [0.29, 0.717) is 17.0 Å². The summed E-state index contributed by atoms with van der Waals surface area (Å²) >= 11 is 0. The molecule has 2 heterocycles. The van der Waals surface area contributed by atoms with Gasteiger partial charge in [0.2, 0.25) is 0 Å². The first-order chi connectivity index (χ1) is 16.1. The van der Waals surface area contributed by atoms with Gasteiger partial charge < -0.3 is 19.3 Å². The van der Waals surface area contributed by atoms with E-state index in [1.54, 1.807) is 13.8 Å². The zero-order chi connectivity index (χ0) is 22.8. The maximum atomic E-state index is 12.6. The number of nitrogens with zero attached hydrogens (tertiary/aromatic N) is 1. The molecule has 5 rings (SSSR count). The van der Waals surface area contributed by atoms with Gasteiger partial charge in [0.05, 0.1) is 11.8 Å². The van der Waals surface area contributed by atoms with E-state index in [1.165, 1.54) is 11.1 Å². The lowest BCUT2D eigenvalue weighted by Crippen LogP contribution is -2.40. The molecular weight excluding hydrogens is 416 g/mol. The Bertz CT molecular complexity index is 1100. The lowest BCUT2D eigenvalue weighted by Gasteiger charge is -2.30. The predicted molar refractivity (Wildman–Crippen MR) is 125 cm³/mol. The molecule has 1 aromatic heterocycles. The third kappa shape index (κ3) is 4.75. The van der Waals surface area contributed by atoms with Crippen LogP contribution in [0.2, 0.25) is 0 Å². The molecule has 1 amide bonds. The van der Waals surface area contributed by atoms with Gasteiger partial charge in [0.1, 0.15) is 28.9 Å². The highest BCUT2D eigenvalue weighted by Gasteiger charge is 2.27. The van der Waals surface area contributed by atoms with Gasteiger partial charge >= 0.3 is 0 Å². The van der Waals surface area contributed by atoms with Crippen molar-refractivity contribution >= 4 is 5.91 Å². The molecule has 1 saturated carbocycles. The van der Waals surface area contributed by atoms with Crippen molar-refractivity contribution in [3.63, 3.8) is 0 Å². The van der Waals surface area contributed by atoms with Crippen molar-refractivity contribution in [2.75, 3.05) is 0 Å². The highest BCUT2D eigenvalue weighted by atomic mass is 16.5. The molecule has 1 aliphatic heterocycles. The van der Waals surface area contributed by atoms with Crippen LogP contribution in [-0.2, 0) is 6.42 Å². The van der Waals surface area contributed by atoms with Gasteiger partial charge in [-0.15, -0.1) is 0 Å². The molecule has 0 radical (unpaired) electrons. The molecule has 0 saturated heterocycles. The summed E-state index contributed by atoms with van der Waals surface area (Å²) in [4.78, 5) is 12.6. The van der Waals surface area contributed by atoms with Crippen molar-refractivity contribution in [1.82, 2.24) is 10.5 Å². The van der Waals surface area contributed by atoms with E-state index < -0.39 is 0 Å². The molecule has 1 N–H and O–H groups in total. The van der Waals surface area contributed by atoms with Gasteiger partial charge in [0, 0.05) is 6.04 Å². The van der Waals surface area contributed by atoms with Crippen LogP contribution in [0, 0.1) is 13.8 Å². The van der Waals surface area contributed by atoms with Gasteiger partial charge in [-0.1, -0.05) is 35.5 Å². The summed E-state index contributed by atoms with van der Waals surface area (Å²) in [5.41, 5.74) is 3.62. The van der Waals surface area contributed by atoms with Gasteiger partial charge in [-0.25, -0.2) is 0 Å². The van der Waals surface area contributed by atoms with E-state index in [1.807, 2.05) is 18.2 Å². The molecule has 6 heteroatoms. The summed E-state index contributed by atoms with van der Waals surface area (Å²) in [6.07, 6.45) is 5.84. The van der Waals surface area contributed by atoms with Crippen LogP contribution in [0.3, 0.4) is 0 Å². The number of amides is 1. The first-order valence-corrected chi connectivity index (χ1v) is 11.8. The second-order valence-corrected chi connectivity index (χ2v) is 9.09. The fourth-order valence-corrected chi connectivity index (χ4v) is 4.92. The molecule has 0 spiro atoms. The van der Waals surface area contributed by atoms with Crippen LogP contribution >= 0.6 is 0 Å². The van der Waals surface area contributed by atoms with Gasteiger partial charge in [0.15, 0.2) is 0 Å². The number of ether oxygens (including phenoxy) is 2. The Morgan fingerprint density at radius 3 is 2.55 bits per heavy atom. The van der Waals surface area contributed by atoms with Crippen molar-refractivity contribution in [2.24, 2.45) is 0 Å². The Kier molecular flexibility index (Phi) is 6.07. The maximum absolute atomic E-state index is 12.6. The first-order valence-electron chi connectivity index (χ1n) is 11.8. The largest absolute Gasteiger partial charge is 0.490 e. The minimum Gasteiger partial charge on any atom is -0.490 e. The molecule has 2 aromatic carbocycles. The first kappa shape index (κ1) is 21.6. The summed E-state index contributed by atoms with van der Waals surface area (Å²) in [5.74, 6) is 2.32. The molecule has 6 nitrogen and oxygen atoms in total. The van der Waals surface area contributed by atoms with E-state index in [-0.39, 0.29) is 24.2 Å². The number of carbonyl (C=O) groups is 1. The lowest BCUT2D eigenvalue weighted by atomic mass is 9.92. The Morgan fingerprint density at radius 2 is 1.82 bits per heavy atom. The summed E-state index contributed by atoms with van der Waals surface area (Å²) < 4.78 is 17.7. The number of nitrogens with one attached hydrogen (secondary N) is 1. The lowest BCUT2D eigenvalue weighted by molar-refractivity contribution is 0.0891. The monoisotopic (exact) mass is 446 g/mol. The van der Waals surface area contributed by atoms with Crippen molar-refractivity contribution < 1.29 is 18.8 Å². The van der Waals surface area contributed by atoms with E-state index in [4.69, 9.17) is 14.0 Å². The smallest absolute Gasteiger partial charge is 0.257 e. The van der Waals surface area contributed by atoms with Crippen LogP contribution in [0.25, 0.3) is 0 Å². The van der Waals surface area contributed by atoms with Gasteiger partial charge in [0.25, 0.3) is 5.91 Å². The Morgan fingerprint density at radius 1 is 1.03 bits per heavy atom. The average molecular weight is 447 g/mol. The quantitative estimate of drug-likeness (QED) is 0.562. The van der Waals surface area contributed by atoms with Crippen molar-refractivity contribution in [3.8, 4) is 11.5 Å². The molecule has 33 heavy (non-hydrogen) atoms. The fourth-order valence-electron chi connectivity index (χ4n) is 4.92. The predicted octanol–water partition coefficient (Wildman–Crippen LogP) is 5.48. The summed E-state index contributed by atoms with van der Waals surface area (Å²) in [7, 11) is 0. The van der Waals surface area contributed by atoms with Gasteiger partial charge in [-0.3, -0.25) is 4.79 Å². The normalized spacial score (nSPS) is 22.2. The highest BCUT2D eigenvalue weighted by molar-refractivity contribution is 5.96. The number of aryl methyl sites for hydroxylation is 3. The third-order valence-corrected chi connectivity index (χ3v) is 6.72. The summed E-state index contributed by atoms with van der Waals surface area (Å²) in [5, 5.41) is 7.01. The molecule has 3 aromatic rings. The molecule has 1 atom stereocenters. The number of carbonyl (C=O) groups excluding carboxylic acids is 1.